The minimum absolute atomic E-state index is 0.268. The molecule has 0 aliphatic heterocycles. The van der Waals surface area contributed by atoms with Crippen LogP contribution < -0.4 is 11.1 Å². The zero-order chi connectivity index (χ0) is 13.1. The Morgan fingerprint density at radius 2 is 1.94 bits per heavy atom. The van der Waals surface area contributed by atoms with E-state index in [9.17, 15) is 4.79 Å². The van der Waals surface area contributed by atoms with Crippen LogP contribution in [0.2, 0.25) is 5.02 Å². The van der Waals surface area contributed by atoms with Gasteiger partial charge in [0.05, 0.1) is 11.3 Å². The number of para-hydroxylation sites is 1. The zero-order valence-corrected chi connectivity index (χ0v) is 11.6. The maximum absolute atomic E-state index is 12.0. The summed E-state index contributed by atoms with van der Waals surface area (Å²) in [5.41, 5.74) is 7.20. The molecule has 0 atom stereocenters. The van der Waals surface area contributed by atoms with Crippen molar-refractivity contribution < 1.29 is 4.79 Å². The molecule has 5 heteroatoms. The molecule has 0 aliphatic rings. The first-order valence-corrected chi connectivity index (χ1v) is 6.36. The zero-order valence-electron chi connectivity index (χ0n) is 9.28. The van der Waals surface area contributed by atoms with Crippen LogP contribution in [0.25, 0.3) is 0 Å². The van der Waals surface area contributed by atoms with E-state index in [0.717, 1.165) is 4.47 Å². The second kappa shape index (κ2) is 5.42. The topological polar surface area (TPSA) is 55.1 Å². The van der Waals surface area contributed by atoms with Gasteiger partial charge in [0.15, 0.2) is 0 Å². The third-order valence-electron chi connectivity index (χ3n) is 2.38. The highest BCUT2D eigenvalue weighted by Gasteiger charge is 2.11. The van der Waals surface area contributed by atoms with Crippen molar-refractivity contribution in [2.45, 2.75) is 0 Å². The van der Waals surface area contributed by atoms with Gasteiger partial charge >= 0.3 is 0 Å². The predicted molar refractivity (Wildman–Crippen MR) is 78.0 cm³/mol. The van der Waals surface area contributed by atoms with E-state index in [1.54, 1.807) is 24.3 Å². The second-order valence-corrected chi connectivity index (χ2v) is 4.96. The van der Waals surface area contributed by atoms with Gasteiger partial charge in [-0.05, 0) is 46.3 Å². The number of halogens is 2. The van der Waals surface area contributed by atoms with Crippen molar-refractivity contribution in [3.05, 3.63) is 57.5 Å². The first kappa shape index (κ1) is 12.9. The number of hydrogen-bond acceptors (Lipinski definition) is 2. The monoisotopic (exact) mass is 324 g/mol. The molecule has 2 aromatic rings. The number of benzene rings is 2. The van der Waals surface area contributed by atoms with Crippen LogP contribution in [0, 0.1) is 0 Å². The summed E-state index contributed by atoms with van der Waals surface area (Å²) in [6.45, 7) is 0. The Morgan fingerprint density at radius 1 is 1.22 bits per heavy atom. The van der Waals surface area contributed by atoms with Crippen molar-refractivity contribution in [1.82, 2.24) is 0 Å². The normalized spacial score (nSPS) is 10.1. The average molecular weight is 326 g/mol. The Balaban J connectivity index is 2.25. The lowest BCUT2D eigenvalue weighted by Crippen LogP contribution is -2.14. The van der Waals surface area contributed by atoms with E-state index >= 15 is 0 Å². The van der Waals surface area contributed by atoms with Crippen molar-refractivity contribution >= 4 is 44.8 Å². The lowest BCUT2D eigenvalue weighted by molar-refractivity contribution is 0.102. The quantitative estimate of drug-likeness (QED) is 0.822. The summed E-state index contributed by atoms with van der Waals surface area (Å²) >= 11 is 9.15. The van der Waals surface area contributed by atoms with Gasteiger partial charge in [-0.1, -0.05) is 23.7 Å². The maximum atomic E-state index is 12.0. The fraction of sp³-hybridized carbons (Fsp3) is 0. The molecule has 2 aromatic carbocycles. The molecule has 0 aromatic heterocycles. The molecule has 3 nitrogen and oxygen atoms in total. The van der Waals surface area contributed by atoms with Gasteiger partial charge in [0.25, 0.3) is 5.91 Å². The van der Waals surface area contributed by atoms with E-state index in [2.05, 4.69) is 21.2 Å². The molecule has 0 saturated carbocycles. The molecule has 18 heavy (non-hydrogen) atoms. The molecule has 0 aliphatic carbocycles. The number of carbonyl (C=O) groups is 1. The lowest BCUT2D eigenvalue weighted by Gasteiger charge is -2.09. The molecule has 0 radical (unpaired) electrons. The van der Waals surface area contributed by atoms with Gasteiger partial charge in [0.1, 0.15) is 0 Å². The van der Waals surface area contributed by atoms with Crippen LogP contribution in [0.4, 0.5) is 11.4 Å². The van der Waals surface area contributed by atoms with Crippen LogP contribution in [-0.2, 0) is 0 Å². The minimum Gasteiger partial charge on any atom is -0.398 e. The molecule has 0 fully saturated rings. The molecule has 92 valence electrons. The number of amides is 1. The molecule has 2 rings (SSSR count). The molecule has 0 saturated heterocycles. The maximum Gasteiger partial charge on any atom is 0.257 e. The van der Waals surface area contributed by atoms with Gasteiger partial charge in [-0.15, -0.1) is 0 Å². The van der Waals surface area contributed by atoms with E-state index in [4.69, 9.17) is 17.3 Å². The number of carbonyl (C=O) groups excluding carboxylic acids is 1. The van der Waals surface area contributed by atoms with Crippen molar-refractivity contribution in [3.63, 3.8) is 0 Å². The van der Waals surface area contributed by atoms with Gasteiger partial charge in [-0.25, -0.2) is 0 Å². The van der Waals surface area contributed by atoms with Crippen LogP contribution in [0.15, 0.2) is 46.9 Å². The molecule has 0 spiro atoms. The number of rotatable bonds is 2. The van der Waals surface area contributed by atoms with E-state index < -0.39 is 0 Å². The van der Waals surface area contributed by atoms with Gasteiger partial charge in [0, 0.05) is 15.2 Å². The van der Waals surface area contributed by atoms with E-state index in [-0.39, 0.29) is 5.91 Å². The van der Waals surface area contributed by atoms with Crippen LogP contribution >= 0.6 is 27.5 Å². The Hall–Kier alpha value is -1.52. The van der Waals surface area contributed by atoms with E-state index in [1.165, 1.54) is 0 Å². The summed E-state index contributed by atoms with van der Waals surface area (Å²) in [4.78, 5) is 12.0. The predicted octanol–water partition coefficient (Wildman–Crippen LogP) is 3.94. The minimum atomic E-state index is -0.268. The summed E-state index contributed by atoms with van der Waals surface area (Å²) < 4.78 is 0.811. The number of nitrogen functional groups attached to an aromatic ring is 1. The lowest BCUT2D eigenvalue weighted by atomic mass is 10.1. The van der Waals surface area contributed by atoms with Crippen molar-refractivity contribution in [3.8, 4) is 0 Å². The van der Waals surface area contributed by atoms with Crippen molar-refractivity contribution in [2.24, 2.45) is 0 Å². The molecule has 0 bridgehead atoms. The smallest absolute Gasteiger partial charge is 0.257 e. The van der Waals surface area contributed by atoms with Crippen molar-refractivity contribution in [1.29, 1.82) is 0 Å². The fourth-order valence-corrected chi connectivity index (χ4v) is 2.06. The van der Waals surface area contributed by atoms with E-state index in [1.807, 2.05) is 18.2 Å². The standard InChI is InChI=1S/C13H10BrClN2O/c14-10-3-1-2-4-12(10)17-13(18)9-6-5-8(15)7-11(9)16/h1-7H,16H2,(H,17,18). The summed E-state index contributed by atoms with van der Waals surface area (Å²) in [5.74, 6) is -0.268. The fourth-order valence-electron chi connectivity index (χ4n) is 1.49. The van der Waals surface area contributed by atoms with Crippen LogP contribution in [0.1, 0.15) is 10.4 Å². The van der Waals surface area contributed by atoms with Crippen LogP contribution in [0.5, 0.6) is 0 Å². The Bertz CT molecular complexity index is 601. The van der Waals surface area contributed by atoms with Crippen LogP contribution in [0.3, 0.4) is 0 Å². The Morgan fingerprint density at radius 3 is 2.61 bits per heavy atom. The third-order valence-corrected chi connectivity index (χ3v) is 3.31. The molecular formula is C13H10BrClN2O. The first-order valence-electron chi connectivity index (χ1n) is 5.19. The highest BCUT2D eigenvalue weighted by molar-refractivity contribution is 9.10. The first-order chi connectivity index (χ1) is 8.58. The molecule has 0 unspecified atom stereocenters. The Labute approximate surface area is 118 Å². The summed E-state index contributed by atoms with van der Waals surface area (Å²) in [5, 5.41) is 3.28. The van der Waals surface area contributed by atoms with Gasteiger partial charge in [0.2, 0.25) is 0 Å². The summed E-state index contributed by atoms with van der Waals surface area (Å²) in [6, 6.07) is 12.1. The SMILES string of the molecule is Nc1cc(Cl)ccc1C(=O)Nc1ccccc1Br. The largest absolute Gasteiger partial charge is 0.398 e. The Kier molecular flexibility index (Phi) is 3.89. The number of nitrogens with one attached hydrogen (secondary N) is 1. The number of hydrogen-bond donors (Lipinski definition) is 2. The third kappa shape index (κ3) is 2.83. The highest BCUT2D eigenvalue weighted by Crippen LogP contribution is 2.24. The highest BCUT2D eigenvalue weighted by atomic mass is 79.9. The van der Waals surface area contributed by atoms with Gasteiger partial charge in [-0.2, -0.15) is 0 Å². The van der Waals surface area contributed by atoms with Gasteiger partial charge in [-0.3, -0.25) is 4.79 Å². The average Bonchev–Trinajstić information content (AvgIpc) is 2.32. The van der Waals surface area contributed by atoms with Crippen LogP contribution in [-0.4, -0.2) is 5.91 Å². The summed E-state index contributed by atoms with van der Waals surface area (Å²) in [7, 11) is 0. The molecule has 3 N–H and O–H groups in total. The van der Waals surface area contributed by atoms with Crippen molar-refractivity contribution in [2.75, 3.05) is 11.1 Å². The molecular weight excluding hydrogens is 316 g/mol. The molecule has 0 heterocycles. The second-order valence-electron chi connectivity index (χ2n) is 3.67. The molecule has 1 amide bonds. The van der Waals surface area contributed by atoms with Gasteiger partial charge < -0.3 is 11.1 Å². The summed E-state index contributed by atoms with van der Waals surface area (Å²) in [6.07, 6.45) is 0. The number of anilines is 2. The number of nitrogens with two attached hydrogens (primary N) is 1. The van der Waals surface area contributed by atoms with E-state index in [0.29, 0.717) is 22.0 Å².